The van der Waals surface area contributed by atoms with Crippen LogP contribution < -0.4 is 15.4 Å². The van der Waals surface area contributed by atoms with Crippen LogP contribution in [-0.2, 0) is 10.9 Å². The molecule has 2 aromatic heterocycles. The van der Waals surface area contributed by atoms with Gasteiger partial charge in [0.05, 0.1) is 21.4 Å². The number of anilines is 2. The van der Waals surface area contributed by atoms with Crippen LogP contribution in [-0.4, -0.2) is 95.2 Å². The molecule has 3 unspecified atom stereocenters. The molecule has 1 amide bonds. The molecule has 4 fully saturated rings. The fraction of sp³-hybridized carbons (Fsp3) is 0.514. The van der Waals surface area contributed by atoms with Crippen molar-refractivity contribution < 1.29 is 45.0 Å². The highest BCUT2D eigenvalue weighted by molar-refractivity contribution is 7.23. The van der Waals surface area contributed by atoms with Gasteiger partial charge >= 0.3 is 18.3 Å². The SMILES string of the molecule is CCN(c1nc(OCC23CCCN2CC(F)C3)nc2c(F)c(-c3ccc(F)c4sc(N)c(C#N)c34)c(C(F)(F)F)cc12)C1CCN(C(=O)OC2CC(F)C2)C1. The summed E-state index contributed by atoms with van der Waals surface area (Å²) in [5, 5.41) is 9.16. The predicted octanol–water partition coefficient (Wildman–Crippen LogP) is 7.76. The first-order chi connectivity index (χ1) is 26.2. The van der Waals surface area contributed by atoms with Crippen LogP contribution in [0, 0.1) is 23.0 Å². The second kappa shape index (κ2) is 13.8. The van der Waals surface area contributed by atoms with Crippen molar-refractivity contribution in [2.24, 2.45) is 0 Å². The number of thiophene rings is 1. The van der Waals surface area contributed by atoms with Crippen LogP contribution in [0.3, 0.4) is 0 Å². The number of nitrogens with zero attached hydrogens (tertiary/aromatic N) is 6. The Kier molecular flexibility index (Phi) is 9.38. The van der Waals surface area contributed by atoms with E-state index in [1.165, 1.54) is 4.90 Å². The minimum atomic E-state index is -5.16. The first-order valence-electron chi connectivity index (χ1n) is 18.1. The topological polar surface area (TPSA) is 121 Å². The number of likely N-dealkylation sites (N-methyl/N-ethyl adjacent to an activating group) is 1. The van der Waals surface area contributed by atoms with Gasteiger partial charge in [-0.05, 0) is 50.4 Å². The zero-order chi connectivity index (χ0) is 39.0. The van der Waals surface area contributed by atoms with Crippen LogP contribution >= 0.6 is 11.3 Å². The molecule has 292 valence electrons. The fourth-order valence-corrected chi connectivity index (χ4v) is 9.62. The molecule has 1 aliphatic carbocycles. The van der Waals surface area contributed by atoms with Crippen LogP contribution in [0.15, 0.2) is 18.2 Å². The molecule has 2 aromatic carbocycles. The summed E-state index contributed by atoms with van der Waals surface area (Å²) in [5.74, 6) is -2.35. The molecule has 10 nitrogen and oxygen atoms in total. The molecule has 3 atom stereocenters. The van der Waals surface area contributed by atoms with Crippen LogP contribution in [0.5, 0.6) is 6.01 Å². The molecule has 0 bridgehead atoms. The number of amides is 1. The third-order valence-electron chi connectivity index (χ3n) is 11.4. The van der Waals surface area contributed by atoms with Crippen molar-refractivity contribution in [2.45, 2.75) is 81.7 Å². The van der Waals surface area contributed by atoms with E-state index in [0.717, 1.165) is 24.6 Å². The highest BCUT2D eigenvalue weighted by Gasteiger charge is 2.49. The Labute approximate surface area is 314 Å². The number of halogens is 7. The predicted molar refractivity (Wildman–Crippen MR) is 190 cm³/mol. The average molecular weight is 792 g/mol. The lowest BCUT2D eigenvalue weighted by Crippen LogP contribution is -2.43. The molecule has 18 heteroatoms. The number of hydrogen-bond acceptors (Lipinski definition) is 10. The normalized spacial score (nSPS) is 25.3. The Morgan fingerprint density at radius 3 is 2.65 bits per heavy atom. The Hall–Kier alpha value is -4.63. The second-order valence-corrected chi connectivity index (χ2v) is 15.8. The third-order valence-corrected chi connectivity index (χ3v) is 12.4. The summed E-state index contributed by atoms with van der Waals surface area (Å²) in [6.07, 6.45) is -6.22. The van der Waals surface area contributed by atoms with E-state index in [9.17, 15) is 23.2 Å². The molecule has 4 aliphatic rings. The molecule has 8 rings (SSSR count). The number of hydrogen-bond donors (Lipinski definition) is 1. The van der Waals surface area contributed by atoms with Crippen molar-refractivity contribution in [1.29, 1.82) is 5.26 Å². The number of carbonyl (C=O) groups is 1. The van der Waals surface area contributed by atoms with E-state index in [4.69, 9.17) is 15.2 Å². The Morgan fingerprint density at radius 2 is 1.95 bits per heavy atom. The summed E-state index contributed by atoms with van der Waals surface area (Å²) < 4.78 is 117. The maximum atomic E-state index is 17.3. The lowest BCUT2D eigenvalue weighted by molar-refractivity contribution is -0.137. The van der Waals surface area contributed by atoms with Gasteiger partial charge < -0.3 is 25.0 Å². The molecule has 55 heavy (non-hydrogen) atoms. The molecule has 0 spiro atoms. The lowest BCUT2D eigenvalue weighted by atomic mass is 9.92. The van der Waals surface area contributed by atoms with E-state index in [-0.39, 0.29) is 89.9 Å². The molecule has 2 N–H and O–H groups in total. The van der Waals surface area contributed by atoms with E-state index < -0.39 is 76.1 Å². The monoisotopic (exact) mass is 791 g/mol. The largest absolute Gasteiger partial charge is 0.461 e. The van der Waals surface area contributed by atoms with Crippen molar-refractivity contribution in [1.82, 2.24) is 19.8 Å². The summed E-state index contributed by atoms with van der Waals surface area (Å²) in [6.45, 7) is 3.06. The first-order valence-corrected chi connectivity index (χ1v) is 18.9. The highest BCUT2D eigenvalue weighted by Crippen LogP contribution is 2.48. The van der Waals surface area contributed by atoms with Crippen molar-refractivity contribution in [2.75, 3.05) is 50.0 Å². The molecule has 0 radical (unpaired) electrons. The van der Waals surface area contributed by atoms with Gasteiger partial charge in [-0.2, -0.15) is 28.4 Å². The Morgan fingerprint density at radius 1 is 1.16 bits per heavy atom. The molecular weight excluding hydrogens is 756 g/mol. The zero-order valence-corrected chi connectivity index (χ0v) is 30.4. The minimum absolute atomic E-state index is 0.0537. The number of fused-ring (bicyclic) bond motifs is 3. The van der Waals surface area contributed by atoms with Gasteiger partial charge in [-0.3, -0.25) is 4.90 Å². The standard InChI is InChI=1S/C37H36F7N7O3S/c1-2-51(20-6-9-49(16-20)35(52)54-21-10-18(38)11-21)33-23-12-25(37(42,43)44)28(22-4-5-26(40)31-27(22)24(14-45)32(46)55-31)29(41)30(23)47-34(48-33)53-17-36-7-3-8-50(36)15-19(39)13-36/h4-5,12,18-21H,2-3,6-11,13,15-17,46H2,1H3. The number of nitrogen functional groups attached to an aromatic ring is 1. The van der Waals surface area contributed by atoms with Crippen LogP contribution in [0.1, 0.15) is 56.6 Å². The number of benzene rings is 2. The van der Waals surface area contributed by atoms with Gasteiger partial charge in [-0.1, -0.05) is 6.07 Å². The lowest BCUT2D eigenvalue weighted by Gasteiger charge is -2.33. The molecule has 5 heterocycles. The maximum absolute atomic E-state index is 17.3. The van der Waals surface area contributed by atoms with Gasteiger partial charge in [0.25, 0.3) is 0 Å². The van der Waals surface area contributed by atoms with E-state index in [2.05, 4.69) is 9.97 Å². The smallest absolute Gasteiger partial charge is 0.417 e. The number of carbonyl (C=O) groups excluding carboxylic acids is 1. The molecule has 3 aliphatic heterocycles. The summed E-state index contributed by atoms with van der Waals surface area (Å²) in [7, 11) is 0. The van der Waals surface area contributed by atoms with Crippen LogP contribution in [0.2, 0.25) is 0 Å². The average Bonchev–Trinajstić information content (AvgIpc) is 3.90. The number of nitriles is 1. The molecule has 1 saturated carbocycles. The Balaban J connectivity index is 1.27. The van der Waals surface area contributed by atoms with Gasteiger partial charge in [-0.15, -0.1) is 11.3 Å². The van der Waals surface area contributed by atoms with E-state index in [1.807, 2.05) is 11.0 Å². The summed E-state index contributed by atoms with van der Waals surface area (Å²) >= 11 is 0.663. The molecule has 3 saturated heterocycles. The van der Waals surface area contributed by atoms with Crippen LogP contribution in [0.4, 0.5) is 46.3 Å². The van der Waals surface area contributed by atoms with Gasteiger partial charge in [0.15, 0.2) is 5.82 Å². The van der Waals surface area contributed by atoms with Gasteiger partial charge in [0.2, 0.25) is 0 Å². The van der Waals surface area contributed by atoms with Crippen molar-refractivity contribution in [3.63, 3.8) is 0 Å². The molecule has 4 aromatic rings. The van der Waals surface area contributed by atoms with Crippen molar-refractivity contribution in [3.05, 3.63) is 41.0 Å². The summed E-state index contributed by atoms with van der Waals surface area (Å²) in [4.78, 5) is 26.9. The number of rotatable bonds is 8. The number of nitrogens with two attached hydrogens (primary N) is 1. The summed E-state index contributed by atoms with van der Waals surface area (Å²) in [6, 6.07) is 3.56. The summed E-state index contributed by atoms with van der Waals surface area (Å²) in [5.41, 5.74) is 1.71. The minimum Gasteiger partial charge on any atom is -0.461 e. The second-order valence-electron chi connectivity index (χ2n) is 14.7. The number of alkyl halides is 5. The van der Waals surface area contributed by atoms with Gasteiger partial charge in [0.1, 0.15) is 53.3 Å². The quantitative estimate of drug-likeness (QED) is 0.179. The van der Waals surface area contributed by atoms with E-state index >= 15 is 17.6 Å². The van der Waals surface area contributed by atoms with Gasteiger partial charge in [-0.25, -0.2) is 22.4 Å². The van der Waals surface area contributed by atoms with E-state index in [0.29, 0.717) is 30.7 Å². The molecular formula is C37H36F7N7O3S. The third kappa shape index (κ3) is 6.42. The Bertz CT molecular complexity index is 2230. The van der Waals surface area contributed by atoms with Gasteiger partial charge in [0, 0.05) is 67.8 Å². The van der Waals surface area contributed by atoms with E-state index in [1.54, 1.807) is 11.8 Å². The van der Waals surface area contributed by atoms with Crippen LogP contribution in [0.25, 0.3) is 32.1 Å². The van der Waals surface area contributed by atoms with Crippen molar-refractivity contribution >= 4 is 49.2 Å². The zero-order valence-electron chi connectivity index (χ0n) is 29.6. The van der Waals surface area contributed by atoms with Crippen molar-refractivity contribution in [3.8, 4) is 23.2 Å². The first kappa shape index (κ1) is 37.3. The fourth-order valence-electron chi connectivity index (χ4n) is 8.68. The highest BCUT2D eigenvalue weighted by atomic mass is 32.1. The number of aromatic nitrogens is 2. The number of ether oxygens (including phenoxy) is 2. The number of likely N-dealkylation sites (tertiary alicyclic amines) is 1. The maximum Gasteiger partial charge on any atom is 0.417 e.